The van der Waals surface area contributed by atoms with E-state index in [1.807, 2.05) is 45.9 Å². The minimum absolute atomic E-state index is 0.000383. The highest BCUT2D eigenvalue weighted by atomic mass is 32.2. The van der Waals surface area contributed by atoms with Crippen molar-refractivity contribution in [2.24, 2.45) is 5.92 Å². The van der Waals surface area contributed by atoms with Crippen molar-refractivity contribution in [1.29, 1.82) is 0 Å². The zero-order valence-corrected chi connectivity index (χ0v) is 25.8. The van der Waals surface area contributed by atoms with Crippen LogP contribution in [-0.2, 0) is 14.8 Å². The van der Waals surface area contributed by atoms with Crippen molar-refractivity contribution in [3.63, 3.8) is 0 Å². The summed E-state index contributed by atoms with van der Waals surface area (Å²) in [6, 6.07) is 10.1. The molecule has 42 heavy (non-hydrogen) atoms. The molecular weight excluding hydrogens is 558 g/mol. The summed E-state index contributed by atoms with van der Waals surface area (Å²) in [6.07, 6.45) is 0.632. The molecule has 12 heteroatoms. The molecule has 1 aromatic heterocycles. The smallest absolute Gasteiger partial charge is 0.356 e. The SMILES string of the molecule is CC[C@@H](C)C(=O)Nc1ccc(Oc2c(C)c(C(=O)O)nn2-c2ccc(C)cc2C)c(S(=O)(=O)N2CCN(CC)CC2)c1. The predicted molar refractivity (Wildman–Crippen MR) is 160 cm³/mol. The highest BCUT2D eigenvalue weighted by Crippen LogP contribution is 2.37. The topological polar surface area (TPSA) is 134 Å². The summed E-state index contributed by atoms with van der Waals surface area (Å²) in [6.45, 7) is 13.8. The summed E-state index contributed by atoms with van der Waals surface area (Å²) in [5, 5.41) is 17.0. The van der Waals surface area contributed by atoms with Crippen LogP contribution in [0.2, 0.25) is 0 Å². The largest absolute Gasteiger partial charge is 0.476 e. The first kappa shape index (κ1) is 31.2. The van der Waals surface area contributed by atoms with E-state index in [0.29, 0.717) is 44.0 Å². The molecule has 1 fully saturated rings. The van der Waals surface area contributed by atoms with Crippen LogP contribution in [0.15, 0.2) is 41.3 Å². The Labute approximate surface area is 247 Å². The maximum atomic E-state index is 14.1. The van der Waals surface area contributed by atoms with E-state index in [1.165, 1.54) is 21.1 Å². The molecule has 1 atom stereocenters. The van der Waals surface area contributed by atoms with Crippen molar-refractivity contribution < 1.29 is 27.9 Å². The molecule has 2 N–H and O–H groups in total. The molecule has 2 heterocycles. The Bertz CT molecular complexity index is 1590. The van der Waals surface area contributed by atoms with Crippen molar-refractivity contribution in [2.75, 3.05) is 38.0 Å². The van der Waals surface area contributed by atoms with E-state index in [9.17, 15) is 23.1 Å². The normalized spacial score (nSPS) is 15.4. The van der Waals surface area contributed by atoms with Crippen molar-refractivity contribution in [3.8, 4) is 17.3 Å². The fourth-order valence-corrected chi connectivity index (χ4v) is 6.42. The molecule has 1 saturated heterocycles. The van der Waals surface area contributed by atoms with Crippen LogP contribution in [0.1, 0.15) is 54.4 Å². The number of rotatable bonds is 10. The lowest BCUT2D eigenvalue weighted by molar-refractivity contribution is -0.119. The number of aromatic carboxylic acids is 1. The standard InChI is InChI=1S/C30H39N5O6S/c1-7-20(4)28(36)31-23-10-12-25(26(18-23)42(39,40)34-15-13-33(8-2)14-16-34)41-29-22(6)27(30(37)38)32-35(29)24-11-9-19(3)17-21(24)5/h9-12,17-18,20H,7-8,13-16H2,1-6H3,(H,31,36)(H,37,38)/t20-/m1/s1. The van der Waals surface area contributed by atoms with Gasteiger partial charge in [0.25, 0.3) is 0 Å². The molecule has 0 bridgehead atoms. The van der Waals surface area contributed by atoms with E-state index in [2.05, 4.69) is 15.3 Å². The average molecular weight is 598 g/mol. The Morgan fingerprint density at radius 2 is 1.74 bits per heavy atom. The van der Waals surface area contributed by atoms with Crippen LogP contribution < -0.4 is 10.1 Å². The molecule has 11 nitrogen and oxygen atoms in total. The lowest BCUT2D eigenvalue weighted by atomic mass is 10.1. The van der Waals surface area contributed by atoms with Crippen LogP contribution >= 0.6 is 0 Å². The molecular formula is C30H39N5O6S. The lowest BCUT2D eigenvalue weighted by Gasteiger charge is -2.33. The van der Waals surface area contributed by atoms with Gasteiger partial charge in [-0.15, -0.1) is 0 Å². The molecule has 2 aromatic carbocycles. The van der Waals surface area contributed by atoms with E-state index >= 15 is 0 Å². The third-order valence-electron chi connectivity index (χ3n) is 7.73. The third kappa shape index (κ3) is 6.35. The number of sulfonamides is 1. The molecule has 0 radical (unpaired) electrons. The highest BCUT2D eigenvalue weighted by molar-refractivity contribution is 7.89. The number of carbonyl (C=O) groups excluding carboxylic acids is 1. The summed E-state index contributed by atoms with van der Waals surface area (Å²) >= 11 is 0. The number of aryl methyl sites for hydroxylation is 2. The first-order chi connectivity index (χ1) is 19.9. The zero-order chi connectivity index (χ0) is 30.8. The lowest BCUT2D eigenvalue weighted by Crippen LogP contribution is -2.48. The molecule has 0 aliphatic carbocycles. The van der Waals surface area contributed by atoms with Gasteiger partial charge in [0.05, 0.1) is 5.69 Å². The Balaban J connectivity index is 1.84. The number of ether oxygens (including phenoxy) is 1. The minimum atomic E-state index is -4.06. The van der Waals surface area contributed by atoms with Gasteiger partial charge in [0, 0.05) is 43.3 Å². The van der Waals surface area contributed by atoms with E-state index < -0.39 is 16.0 Å². The molecule has 3 aromatic rings. The Morgan fingerprint density at radius 1 is 1.05 bits per heavy atom. The Morgan fingerprint density at radius 3 is 2.33 bits per heavy atom. The van der Waals surface area contributed by atoms with E-state index in [-0.39, 0.29) is 39.6 Å². The quantitative estimate of drug-likeness (QED) is 0.346. The third-order valence-corrected chi connectivity index (χ3v) is 9.65. The number of carboxylic acids is 1. The molecule has 226 valence electrons. The summed E-state index contributed by atoms with van der Waals surface area (Å²) in [5.41, 5.74) is 2.82. The van der Waals surface area contributed by atoms with Crippen LogP contribution in [0.25, 0.3) is 5.69 Å². The van der Waals surface area contributed by atoms with Crippen LogP contribution in [-0.4, -0.2) is 77.1 Å². The first-order valence-electron chi connectivity index (χ1n) is 14.1. The van der Waals surface area contributed by atoms with Crippen molar-refractivity contribution in [2.45, 2.75) is 52.9 Å². The molecule has 0 spiro atoms. The number of carboxylic acid groups (broad SMARTS) is 1. The number of hydrogen-bond donors (Lipinski definition) is 2. The highest BCUT2D eigenvalue weighted by Gasteiger charge is 2.33. The Kier molecular flexibility index (Phi) is 9.39. The van der Waals surface area contributed by atoms with Gasteiger partial charge in [-0.1, -0.05) is 38.5 Å². The number of carbonyl (C=O) groups is 2. The molecule has 1 aliphatic heterocycles. The minimum Gasteiger partial charge on any atom is -0.476 e. The number of anilines is 1. The van der Waals surface area contributed by atoms with Gasteiger partial charge >= 0.3 is 5.97 Å². The van der Waals surface area contributed by atoms with Gasteiger partial charge in [-0.3, -0.25) is 4.79 Å². The second-order valence-corrected chi connectivity index (χ2v) is 12.6. The van der Waals surface area contributed by atoms with E-state index in [4.69, 9.17) is 4.74 Å². The zero-order valence-electron chi connectivity index (χ0n) is 25.0. The number of piperazine rings is 1. The van der Waals surface area contributed by atoms with Gasteiger partial charge < -0.3 is 20.1 Å². The second kappa shape index (κ2) is 12.6. The first-order valence-corrected chi connectivity index (χ1v) is 15.6. The molecule has 1 aliphatic rings. The predicted octanol–water partition coefficient (Wildman–Crippen LogP) is 4.60. The van der Waals surface area contributed by atoms with Crippen molar-refractivity contribution in [3.05, 3.63) is 58.8 Å². The number of aromatic nitrogens is 2. The Hall–Kier alpha value is -3.74. The molecule has 1 amide bonds. The van der Waals surface area contributed by atoms with Gasteiger partial charge in [-0.05, 0) is 63.6 Å². The number of amides is 1. The molecule has 0 saturated carbocycles. The van der Waals surface area contributed by atoms with Crippen molar-refractivity contribution in [1.82, 2.24) is 19.0 Å². The summed E-state index contributed by atoms with van der Waals surface area (Å²) in [5.74, 6) is -1.62. The fourth-order valence-electron chi connectivity index (χ4n) is 4.86. The summed E-state index contributed by atoms with van der Waals surface area (Å²) in [4.78, 5) is 26.7. The molecule has 0 unspecified atom stereocenters. The van der Waals surface area contributed by atoms with Crippen LogP contribution in [0.4, 0.5) is 5.69 Å². The van der Waals surface area contributed by atoms with E-state index in [1.54, 1.807) is 19.9 Å². The summed E-state index contributed by atoms with van der Waals surface area (Å²) in [7, 11) is -4.06. The maximum Gasteiger partial charge on any atom is 0.356 e. The number of likely N-dealkylation sites (N-methyl/N-ethyl adjacent to an activating group) is 1. The summed E-state index contributed by atoms with van der Waals surface area (Å²) < 4.78 is 37.2. The van der Waals surface area contributed by atoms with Gasteiger partial charge in [0.1, 0.15) is 10.6 Å². The number of benzene rings is 2. The van der Waals surface area contributed by atoms with Crippen LogP contribution in [0.5, 0.6) is 11.6 Å². The van der Waals surface area contributed by atoms with Gasteiger partial charge in [-0.2, -0.15) is 14.1 Å². The van der Waals surface area contributed by atoms with Crippen molar-refractivity contribution >= 4 is 27.6 Å². The fraction of sp³-hybridized carbons (Fsp3) is 0.433. The number of hydrogen-bond acceptors (Lipinski definition) is 7. The second-order valence-electron chi connectivity index (χ2n) is 10.7. The number of nitrogens with zero attached hydrogens (tertiary/aromatic N) is 4. The average Bonchev–Trinajstić information content (AvgIpc) is 3.28. The van der Waals surface area contributed by atoms with Crippen LogP contribution in [0, 0.1) is 26.7 Å². The van der Waals surface area contributed by atoms with E-state index in [0.717, 1.165) is 17.7 Å². The van der Waals surface area contributed by atoms with Crippen LogP contribution in [0.3, 0.4) is 0 Å². The van der Waals surface area contributed by atoms with Gasteiger partial charge in [-0.25, -0.2) is 13.2 Å². The van der Waals surface area contributed by atoms with Gasteiger partial charge in [0.15, 0.2) is 5.69 Å². The maximum absolute atomic E-state index is 14.1. The van der Waals surface area contributed by atoms with Gasteiger partial charge in [0.2, 0.25) is 21.8 Å². The number of nitrogens with one attached hydrogen (secondary N) is 1. The monoisotopic (exact) mass is 597 g/mol. The molecule has 4 rings (SSSR count).